The Morgan fingerprint density at radius 3 is 2.67 bits per heavy atom. The molecule has 0 saturated carbocycles. The van der Waals surface area contributed by atoms with Crippen LogP contribution in [0.15, 0.2) is 42.5 Å². The lowest BCUT2D eigenvalue weighted by Crippen LogP contribution is -2.52. The number of hydrogen-bond donors (Lipinski definition) is 1. The number of piperidine rings is 1. The number of benzene rings is 2. The Balaban J connectivity index is 1.53. The van der Waals surface area contributed by atoms with E-state index in [-0.39, 0.29) is 43.2 Å². The van der Waals surface area contributed by atoms with Gasteiger partial charge in [-0.25, -0.2) is 4.39 Å². The highest BCUT2D eigenvalue weighted by molar-refractivity contribution is 6.05. The Morgan fingerprint density at radius 1 is 1.15 bits per heavy atom. The van der Waals surface area contributed by atoms with E-state index in [9.17, 15) is 18.8 Å². The number of amides is 3. The summed E-state index contributed by atoms with van der Waals surface area (Å²) in [6.07, 6.45) is 0.445. The summed E-state index contributed by atoms with van der Waals surface area (Å²) in [5.74, 6) is -1.80. The number of carbonyl (C=O) groups excluding carboxylic acids is 3. The molecular formula is C20H17FN2O4. The summed E-state index contributed by atoms with van der Waals surface area (Å²) in [5, 5.41) is 2.24. The predicted octanol–water partition coefficient (Wildman–Crippen LogP) is 2.17. The minimum Gasteiger partial charge on any atom is -0.486 e. The summed E-state index contributed by atoms with van der Waals surface area (Å²) in [4.78, 5) is 37.4. The number of nitrogens with zero attached hydrogens (tertiary/aromatic N) is 1. The molecule has 1 atom stereocenters. The monoisotopic (exact) mass is 368 g/mol. The molecule has 1 unspecified atom stereocenters. The molecule has 2 aliphatic heterocycles. The van der Waals surface area contributed by atoms with Gasteiger partial charge in [0.1, 0.15) is 12.6 Å². The molecule has 1 N–H and O–H groups in total. The highest BCUT2D eigenvalue weighted by Gasteiger charge is 2.39. The van der Waals surface area contributed by atoms with Gasteiger partial charge in [0.25, 0.3) is 5.91 Å². The van der Waals surface area contributed by atoms with Crippen LogP contribution in [0.4, 0.5) is 4.39 Å². The number of imide groups is 1. The van der Waals surface area contributed by atoms with Crippen molar-refractivity contribution in [3.05, 3.63) is 65.0 Å². The summed E-state index contributed by atoms with van der Waals surface area (Å²) in [5.41, 5.74) is 1.73. The molecule has 2 heterocycles. The van der Waals surface area contributed by atoms with Gasteiger partial charge < -0.3 is 9.64 Å². The van der Waals surface area contributed by atoms with Gasteiger partial charge in [0.05, 0.1) is 0 Å². The number of fused-ring (bicyclic) bond motifs is 1. The van der Waals surface area contributed by atoms with Gasteiger partial charge in [0, 0.05) is 18.5 Å². The SMILES string of the molecule is O=C1CCC(N2Cc3cc(OCc4ccccc4)c(F)cc3C2=O)C(=O)N1. The predicted molar refractivity (Wildman–Crippen MR) is 93.2 cm³/mol. The van der Waals surface area contributed by atoms with Crippen LogP contribution in [0.3, 0.4) is 0 Å². The number of hydrogen-bond acceptors (Lipinski definition) is 4. The molecule has 0 spiro atoms. The van der Waals surface area contributed by atoms with Crippen molar-refractivity contribution < 1.29 is 23.5 Å². The zero-order valence-electron chi connectivity index (χ0n) is 14.4. The Bertz CT molecular complexity index is 929. The van der Waals surface area contributed by atoms with Crippen molar-refractivity contribution in [2.75, 3.05) is 0 Å². The number of carbonyl (C=O) groups is 3. The van der Waals surface area contributed by atoms with E-state index >= 15 is 0 Å². The van der Waals surface area contributed by atoms with E-state index < -0.39 is 23.7 Å². The fraction of sp³-hybridized carbons (Fsp3) is 0.250. The first kappa shape index (κ1) is 17.2. The summed E-state index contributed by atoms with van der Waals surface area (Å²) in [6.45, 7) is 0.393. The molecule has 138 valence electrons. The van der Waals surface area contributed by atoms with Crippen LogP contribution >= 0.6 is 0 Å². The molecule has 2 aromatic rings. The van der Waals surface area contributed by atoms with Crippen LogP contribution in [-0.4, -0.2) is 28.7 Å². The summed E-state index contributed by atoms with van der Waals surface area (Å²) >= 11 is 0. The normalized spacial score (nSPS) is 19.1. The molecule has 1 saturated heterocycles. The second kappa shape index (κ2) is 6.83. The molecule has 3 amide bonds. The lowest BCUT2D eigenvalue weighted by Gasteiger charge is -2.29. The molecule has 7 heteroatoms. The highest BCUT2D eigenvalue weighted by Crippen LogP contribution is 2.32. The lowest BCUT2D eigenvalue weighted by atomic mass is 10.0. The van der Waals surface area contributed by atoms with Crippen molar-refractivity contribution in [1.82, 2.24) is 10.2 Å². The van der Waals surface area contributed by atoms with Crippen LogP contribution in [0, 0.1) is 5.82 Å². The van der Waals surface area contributed by atoms with E-state index in [4.69, 9.17) is 4.74 Å². The van der Waals surface area contributed by atoms with Crippen molar-refractivity contribution >= 4 is 17.7 Å². The Hall–Kier alpha value is -3.22. The maximum Gasteiger partial charge on any atom is 0.255 e. The molecule has 2 aliphatic rings. The average molecular weight is 368 g/mol. The van der Waals surface area contributed by atoms with Crippen LogP contribution in [0.25, 0.3) is 0 Å². The zero-order chi connectivity index (χ0) is 19.0. The number of nitrogens with one attached hydrogen (secondary N) is 1. The first-order valence-electron chi connectivity index (χ1n) is 8.67. The molecule has 0 bridgehead atoms. The minimum absolute atomic E-state index is 0.0653. The van der Waals surface area contributed by atoms with Gasteiger partial charge in [-0.2, -0.15) is 0 Å². The molecule has 27 heavy (non-hydrogen) atoms. The van der Waals surface area contributed by atoms with Crippen LogP contribution in [-0.2, 0) is 22.7 Å². The molecular weight excluding hydrogens is 351 g/mol. The maximum absolute atomic E-state index is 14.4. The minimum atomic E-state index is -0.723. The second-order valence-corrected chi connectivity index (χ2v) is 6.61. The van der Waals surface area contributed by atoms with E-state index in [0.29, 0.717) is 5.56 Å². The molecule has 0 aliphatic carbocycles. The smallest absolute Gasteiger partial charge is 0.255 e. The molecule has 6 nitrogen and oxygen atoms in total. The molecule has 1 fully saturated rings. The van der Waals surface area contributed by atoms with Gasteiger partial charge in [-0.3, -0.25) is 19.7 Å². The van der Waals surface area contributed by atoms with E-state index in [1.807, 2.05) is 30.3 Å². The van der Waals surface area contributed by atoms with E-state index in [1.165, 1.54) is 11.0 Å². The molecule has 2 aromatic carbocycles. The topological polar surface area (TPSA) is 75.7 Å². The van der Waals surface area contributed by atoms with Gasteiger partial charge in [-0.15, -0.1) is 0 Å². The van der Waals surface area contributed by atoms with Gasteiger partial charge in [-0.1, -0.05) is 30.3 Å². The molecule has 4 rings (SSSR count). The number of halogens is 1. The Labute approximate surface area is 154 Å². The van der Waals surface area contributed by atoms with E-state index in [1.54, 1.807) is 0 Å². The fourth-order valence-corrected chi connectivity index (χ4v) is 3.41. The van der Waals surface area contributed by atoms with Gasteiger partial charge in [-0.05, 0) is 29.7 Å². The summed E-state index contributed by atoms with van der Waals surface area (Å²) in [6, 6.07) is 11.3. The third-order valence-corrected chi connectivity index (χ3v) is 4.81. The van der Waals surface area contributed by atoms with Crippen molar-refractivity contribution in [3.8, 4) is 5.75 Å². The van der Waals surface area contributed by atoms with Crippen LogP contribution in [0.1, 0.15) is 34.3 Å². The third kappa shape index (κ3) is 3.28. The van der Waals surface area contributed by atoms with Gasteiger partial charge in [0.15, 0.2) is 11.6 Å². The van der Waals surface area contributed by atoms with Crippen LogP contribution < -0.4 is 10.1 Å². The quantitative estimate of drug-likeness (QED) is 0.840. The van der Waals surface area contributed by atoms with Crippen molar-refractivity contribution in [3.63, 3.8) is 0 Å². The fourth-order valence-electron chi connectivity index (χ4n) is 3.41. The average Bonchev–Trinajstić information content (AvgIpc) is 2.96. The van der Waals surface area contributed by atoms with Crippen molar-refractivity contribution in [2.24, 2.45) is 0 Å². The summed E-state index contributed by atoms with van der Waals surface area (Å²) < 4.78 is 20.0. The van der Waals surface area contributed by atoms with Crippen molar-refractivity contribution in [1.29, 1.82) is 0 Å². The van der Waals surface area contributed by atoms with E-state index in [0.717, 1.165) is 11.6 Å². The van der Waals surface area contributed by atoms with Crippen molar-refractivity contribution in [2.45, 2.75) is 32.0 Å². The second-order valence-electron chi connectivity index (χ2n) is 6.61. The maximum atomic E-state index is 14.4. The number of ether oxygens (including phenoxy) is 1. The summed E-state index contributed by atoms with van der Waals surface area (Å²) in [7, 11) is 0. The lowest BCUT2D eigenvalue weighted by molar-refractivity contribution is -0.136. The largest absolute Gasteiger partial charge is 0.486 e. The van der Waals surface area contributed by atoms with Crippen LogP contribution in [0.5, 0.6) is 5.75 Å². The van der Waals surface area contributed by atoms with Gasteiger partial charge >= 0.3 is 0 Å². The first-order chi connectivity index (χ1) is 13.0. The zero-order valence-corrected chi connectivity index (χ0v) is 14.4. The molecule has 0 aromatic heterocycles. The third-order valence-electron chi connectivity index (χ3n) is 4.81. The van der Waals surface area contributed by atoms with Crippen LogP contribution in [0.2, 0.25) is 0 Å². The Kier molecular flexibility index (Phi) is 4.35. The van der Waals surface area contributed by atoms with Gasteiger partial charge in [0.2, 0.25) is 11.8 Å². The highest BCUT2D eigenvalue weighted by atomic mass is 19.1. The first-order valence-corrected chi connectivity index (χ1v) is 8.67. The van der Waals surface area contributed by atoms with E-state index in [2.05, 4.69) is 5.32 Å². The number of rotatable bonds is 4. The molecule has 0 radical (unpaired) electrons. The standard InChI is InChI=1S/C20H17FN2O4/c21-15-9-14-13(8-17(15)27-11-12-4-2-1-3-5-12)10-23(20(14)26)16-6-7-18(24)22-19(16)25/h1-5,8-9,16H,6-7,10-11H2,(H,22,24,25). The Morgan fingerprint density at radius 2 is 1.93 bits per heavy atom.